The van der Waals surface area contributed by atoms with Gasteiger partial charge in [0.25, 0.3) is 5.91 Å². The van der Waals surface area contributed by atoms with E-state index >= 15 is 0 Å². The summed E-state index contributed by atoms with van der Waals surface area (Å²) in [5.41, 5.74) is 5.64. The van der Waals surface area contributed by atoms with Crippen molar-refractivity contribution in [3.63, 3.8) is 0 Å². The second-order valence-corrected chi connectivity index (χ2v) is 4.66. The third-order valence-electron chi connectivity index (χ3n) is 3.04. The third-order valence-corrected chi connectivity index (χ3v) is 3.04. The summed E-state index contributed by atoms with van der Waals surface area (Å²) in [4.78, 5) is 24.7. The average molecular weight is 304 g/mol. The number of hydrogen-bond acceptors (Lipinski definition) is 2. The topological polar surface area (TPSA) is 63.4 Å². The van der Waals surface area contributed by atoms with E-state index in [0.29, 0.717) is 5.69 Å². The van der Waals surface area contributed by atoms with Crippen LogP contribution in [0.5, 0.6) is 0 Å². The van der Waals surface area contributed by atoms with Gasteiger partial charge in [0, 0.05) is 24.2 Å². The van der Waals surface area contributed by atoms with Crippen LogP contribution >= 0.6 is 0 Å². The Labute approximate surface area is 126 Å². The SMILES string of the molecule is NC(=O)CCN(C(=O)c1cccc(F)c1)c1ccc(F)cc1. The van der Waals surface area contributed by atoms with Gasteiger partial charge in [-0.05, 0) is 42.5 Å². The van der Waals surface area contributed by atoms with Gasteiger partial charge in [-0.1, -0.05) is 6.07 Å². The van der Waals surface area contributed by atoms with Crippen molar-refractivity contribution in [3.8, 4) is 0 Å². The molecule has 0 bridgehead atoms. The van der Waals surface area contributed by atoms with Crippen molar-refractivity contribution in [1.82, 2.24) is 0 Å². The first-order valence-corrected chi connectivity index (χ1v) is 6.58. The van der Waals surface area contributed by atoms with Gasteiger partial charge in [-0.15, -0.1) is 0 Å². The molecule has 0 saturated carbocycles. The third kappa shape index (κ3) is 3.88. The number of nitrogens with zero attached hydrogens (tertiary/aromatic N) is 1. The number of halogens is 2. The van der Waals surface area contributed by atoms with Gasteiger partial charge in [-0.3, -0.25) is 9.59 Å². The van der Waals surface area contributed by atoms with Crippen LogP contribution in [0.15, 0.2) is 48.5 Å². The van der Waals surface area contributed by atoms with E-state index in [4.69, 9.17) is 5.73 Å². The lowest BCUT2D eigenvalue weighted by Crippen LogP contribution is -2.34. The van der Waals surface area contributed by atoms with Crippen molar-refractivity contribution in [2.45, 2.75) is 6.42 Å². The maximum absolute atomic E-state index is 13.3. The molecule has 2 N–H and O–H groups in total. The fourth-order valence-corrected chi connectivity index (χ4v) is 1.97. The molecule has 2 aromatic rings. The number of carbonyl (C=O) groups is 2. The predicted octanol–water partition coefficient (Wildman–Crippen LogP) is 2.49. The van der Waals surface area contributed by atoms with E-state index in [1.165, 1.54) is 47.4 Å². The van der Waals surface area contributed by atoms with Crippen molar-refractivity contribution >= 4 is 17.5 Å². The molecule has 0 fully saturated rings. The van der Waals surface area contributed by atoms with Gasteiger partial charge in [-0.2, -0.15) is 0 Å². The Hall–Kier alpha value is -2.76. The highest BCUT2D eigenvalue weighted by molar-refractivity contribution is 6.06. The molecule has 2 amide bonds. The van der Waals surface area contributed by atoms with Crippen molar-refractivity contribution < 1.29 is 18.4 Å². The number of amides is 2. The second-order valence-electron chi connectivity index (χ2n) is 4.66. The molecule has 0 heterocycles. The van der Waals surface area contributed by atoms with E-state index in [0.717, 1.165) is 6.07 Å². The highest BCUT2D eigenvalue weighted by Crippen LogP contribution is 2.19. The zero-order valence-electron chi connectivity index (χ0n) is 11.6. The summed E-state index contributed by atoms with van der Waals surface area (Å²) in [6, 6.07) is 10.4. The fraction of sp³-hybridized carbons (Fsp3) is 0.125. The Bertz CT molecular complexity index is 687. The molecule has 2 rings (SSSR count). The molecule has 0 aromatic heterocycles. The molecule has 0 saturated heterocycles. The number of anilines is 1. The lowest BCUT2D eigenvalue weighted by atomic mass is 10.1. The number of rotatable bonds is 5. The van der Waals surface area contributed by atoms with Crippen LogP contribution in [-0.2, 0) is 4.79 Å². The minimum absolute atomic E-state index is 0.0241. The molecular formula is C16H14F2N2O2. The van der Waals surface area contributed by atoms with Gasteiger partial charge >= 0.3 is 0 Å². The molecule has 114 valence electrons. The van der Waals surface area contributed by atoms with Crippen LogP contribution < -0.4 is 10.6 Å². The molecule has 0 aliphatic rings. The summed E-state index contributed by atoms with van der Waals surface area (Å²) in [5, 5.41) is 0. The summed E-state index contributed by atoms with van der Waals surface area (Å²) in [6.45, 7) is 0.0241. The molecule has 2 aromatic carbocycles. The lowest BCUT2D eigenvalue weighted by molar-refractivity contribution is -0.117. The summed E-state index contributed by atoms with van der Waals surface area (Å²) in [6.07, 6.45) is -0.0571. The minimum Gasteiger partial charge on any atom is -0.370 e. The molecule has 0 radical (unpaired) electrons. The fourth-order valence-electron chi connectivity index (χ4n) is 1.97. The number of benzene rings is 2. The maximum Gasteiger partial charge on any atom is 0.258 e. The average Bonchev–Trinajstić information content (AvgIpc) is 2.48. The van der Waals surface area contributed by atoms with Crippen LogP contribution in [0.4, 0.5) is 14.5 Å². The molecule has 0 aliphatic heterocycles. The van der Waals surface area contributed by atoms with Gasteiger partial charge in [0.1, 0.15) is 11.6 Å². The predicted molar refractivity (Wildman–Crippen MR) is 78.3 cm³/mol. The Morgan fingerprint density at radius 3 is 2.27 bits per heavy atom. The van der Waals surface area contributed by atoms with E-state index in [9.17, 15) is 18.4 Å². The summed E-state index contributed by atoms with van der Waals surface area (Å²) in [7, 11) is 0. The van der Waals surface area contributed by atoms with Gasteiger partial charge in [-0.25, -0.2) is 8.78 Å². The first-order valence-electron chi connectivity index (χ1n) is 6.58. The summed E-state index contributed by atoms with van der Waals surface area (Å²) in [5.74, 6) is -2.05. The monoisotopic (exact) mass is 304 g/mol. The zero-order chi connectivity index (χ0) is 16.1. The number of primary amides is 1. The molecule has 4 nitrogen and oxygen atoms in total. The maximum atomic E-state index is 13.3. The first kappa shape index (κ1) is 15.6. The van der Waals surface area contributed by atoms with Crippen LogP contribution in [0.3, 0.4) is 0 Å². The Balaban J connectivity index is 2.32. The Morgan fingerprint density at radius 1 is 1.00 bits per heavy atom. The van der Waals surface area contributed by atoms with E-state index in [2.05, 4.69) is 0 Å². The minimum atomic E-state index is -0.570. The van der Waals surface area contributed by atoms with Crippen LogP contribution in [0.2, 0.25) is 0 Å². The van der Waals surface area contributed by atoms with E-state index in [1.54, 1.807) is 0 Å². The zero-order valence-corrected chi connectivity index (χ0v) is 11.6. The second kappa shape index (κ2) is 6.80. The quantitative estimate of drug-likeness (QED) is 0.922. The van der Waals surface area contributed by atoms with Crippen LogP contribution in [0, 0.1) is 11.6 Å². The van der Waals surface area contributed by atoms with Crippen molar-refractivity contribution in [2.24, 2.45) is 5.73 Å². The molecular weight excluding hydrogens is 290 g/mol. The van der Waals surface area contributed by atoms with Crippen molar-refractivity contribution in [3.05, 3.63) is 65.7 Å². The highest BCUT2D eigenvalue weighted by Gasteiger charge is 2.18. The summed E-state index contributed by atoms with van der Waals surface area (Å²) < 4.78 is 26.3. The molecule has 0 spiro atoms. The highest BCUT2D eigenvalue weighted by atomic mass is 19.1. The normalized spacial score (nSPS) is 10.3. The Kier molecular flexibility index (Phi) is 4.83. The van der Waals surface area contributed by atoms with Gasteiger partial charge in [0.2, 0.25) is 5.91 Å². The van der Waals surface area contributed by atoms with Crippen LogP contribution in [0.1, 0.15) is 16.8 Å². The van der Waals surface area contributed by atoms with Crippen LogP contribution in [0.25, 0.3) is 0 Å². The summed E-state index contributed by atoms with van der Waals surface area (Å²) >= 11 is 0. The Morgan fingerprint density at radius 2 is 1.68 bits per heavy atom. The van der Waals surface area contributed by atoms with Crippen LogP contribution in [-0.4, -0.2) is 18.4 Å². The van der Waals surface area contributed by atoms with Gasteiger partial charge < -0.3 is 10.6 Å². The van der Waals surface area contributed by atoms with E-state index in [1.807, 2.05) is 0 Å². The first-order chi connectivity index (χ1) is 10.5. The van der Waals surface area contributed by atoms with Crippen molar-refractivity contribution in [2.75, 3.05) is 11.4 Å². The van der Waals surface area contributed by atoms with E-state index in [-0.39, 0.29) is 18.5 Å². The van der Waals surface area contributed by atoms with Gasteiger partial charge in [0.05, 0.1) is 0 Å². The molecule has 0 atom stereocenters. The van der Waals surface area contributed by atoms with E-state index < -0.39 is 23.4 Å². The standard InChI is InChI=1S/C16H14F2N2O2/c17-12-4-6-14(7-5-12)20(9-8-15(19)21)16(22)11-2-1-3-13(18)10-11/h1-7,10H,8-9H2,(H2,19,21). The molecule has 0 aliphatic carbocycles. The molecule has 0 unspecified atom stereocenters. The van der Waals surface area contributed by atoms with Crippen molar-refractivity contribution in [1.29, 1.82) is 0 Å². The molecule has 22 heavy (non-hydrogen) atoms. The number of nitrogens with two attached hydrogens (primary N) is 1. The smallest absolute Gasteiger partial charge is 0.258 e. The largest absolute Gasteiger partial charge is 0.370 e. The number of carbonyl (C=O) groups excluding carboxylic acids is 2. The van der Waals surface area contributed by atoms with Gasteiger partial charge in [0.15, 0.2) is 0 Å². The molecule has 6 heteroatoms. The lowest BCUT2D eigenvalue weighted by Gasteiger charge is -2.22. The number of hydrogen-bond donors (Lipinski definition) is 1.